The molecular weight excluding hydrogens is 709 g/mol. The van der Waals surface area contributed by atoms with Gasteiger partial charge in [0.15, 0.2) is 23.0 Å². The summed E-state index contributed by atoms with van der Waals surface area (Å²) in [7, 11) is 0. The number of para-hydroxylation sites is 3. The van der Waals surface area contributed by atoms with E-state index in [1.54, 1.807) is 0 Å². The fraction of sp³-hybridized carbons (Fsp3) is 0. The van der Waals surface area contributed by atoms with Gasteiger partial charge in [0.1, 0.15) is 0 Å². The van der Waals surface area contributed by atoms with Gasteiger partial charge in [0.2, 0.25) is 0 Å². The summed E-state index contributed by atoms with van der Waals surface area (Å²) in [6.07, 6.45) is 0. The molecule has 0 saturated carbocycles. The Bertz CT molecular complexity index is 3320. The molecule has 0 atom stereocenters. The number of hydrogen-bond acceptors (Lipinski definition) is 2. The van der Waals surface area contributed by atoms with Gasteiger partial charge in [-0.1, -0.05) is 127 Å². The molecule has 0 fully saturated rings. The third-order valence-electron chi connectivity index (χ3n) is 11.5. The van der Waals surface area contributed by atoms with Crippen molar-refractivity contribution in [1.29, 1.82) is 0 Å². The molecule has 0 amide bonds. The van der Waals surface area contributed by atoms with E-state index in [-0.39, 0.29) is 0 Å². The Morgan fingerprint density at radius 1 is 0.241 bits per heavy atom. The van der Waals surface area contributed by atoms with Gasteiger partial charge in [0.05, 0.1) is 22.1 Å². The van der Waals surface area contributed by atoms with E-state index in [2.05, 4.69) is 203 Å². The Labute approximate surface area is 335 Å². The standard InChI is InChI=1S/C54H34N2O2/c1-4-14-35(15-5-1)39-28-40(36-16-6-2-7-17-36)30-42(29-39)56-48-23-13-10-20-43(48)45-31-37(24-26-49(45)56)38-25-27-51-52(32-38)58-54-34-50-46(33-53(54)57-51)44-21-11-12-22-47(44)55(50)41-18-8-3-9-19-41/h1-34H. The summed E-state index contributed by atoms with van der Waals surface area (Å²) >= 11 is 0. The summed E-state index contributed by atoms with van der Waals surface area (Å²) < 4.78 is 18.0. The normalized spacial score (nSPS) is 12.1. The average Bonchev–Trinajstić information content (AvgIpc) is 3.80. The maximum Gasteiger partial charge on any atom is 0.172 e. The van der Waals surface area contributed by atoms with E-state index < -0.39 is 0 Å². The zero-order valence-electron chi connectivity index (χ0n) is 31.3. The van der Waals surface area contributed by atoms with Crippen molar-refractivity contribution in [3.05, 3.63) is 206 Å². The highest BCUT2D eigenvalue weighted by Gasteiger charge is 2.24. The molecule has 0 radical (unpaired) electrons. The Balaban J connectivity index is 0.966. The van der Waals surface area contributed by atoms with Gasteiger partial charge in [-0.25, -0.2) is 0 Å². The number of rotatable bonds is 5. The molecule has 0 spiro atoms. The van der Waals surface area contributed by atoms with Crippen molar-refractivity contribution >= 4 is 43.6 Å². The molecule has 4 nitrogen and oxygen atoms in total. The summed E-state index contributed by atoms with van der Waals surface area (Å²) in [4.78, 5) is 0. The fourth-order valence-electron chi connectivity index (χ4n) is 8.84. The minimum Gasteiger partial charge on any atom is -0.449 e. The lowest BCUT2D eigenvalue weighted by Gasteiger charge is -2.22. The second-order valence-corrected chi connectivity index (χ2v) is 15.0. The first-order valence-corrected chi connectivity index (χ1v) is 19.7. The predicted molar refractivity (Wildman–Crippen MR) is 238 cm³/mol. The zero-order valence-corrected chi connectivity index (χ0v) is 31.3. The van der Waals surface area contributed by atoms with Crippen molar-refractivity contribution in [2.24, 2.45) is 0 Å². The SMILES string of the molecule is c1ccc(-c2cc(-c3ccccc3)cc(-n3c4ccccc4c4cc(-c5ccc6c(c5)Oc5cc7c(cc5O6)c5ccccc5n7-c5ccccc5)ccc43)c2)cc1. The number of ether oxygens (including phenoxy) is 2. The number of fused-ring (bicyclic) bond motifs is 8. The van der Waals surface area contributed by atoms with Crippen molar-refractivity contribution < 1.29 is 9.47 Å². The third-order valence-corrected chi connectivity index (χ3v) is 11.5. The Morgan fingerprint density at radius 3 is 1.40 bits per heavy atom. The van der Waals surface area contributed by atoms with Crippen molar-refractivity contribution in [1.82, 2.24) is 9.13 Å². The molecule has 0 bridgehead atoms. The number of aromatic nitrogens is 2. The Kier molecular flexibility index (Phi) is 7.20. The van der Waals surface area contributed by atoms with E-state index in [1.807, 2.05) is 12.1 Å². The third kappa shape index (κ3) is 5.16. The molecule has 58 heavy (non-hydrogen) atoms. The van der Waals surface area contributed by atoms with Crippen LogP contribution in [0.2, 0.25) is 0 Å². The topological polar surface area (TPSA) is 28.3 Å². The smallest absolute Gasteiger partial charge is 0.172 e. The molecule has 0 saturated heterocycles. The van der Waals surface area contributed by atoms with Crippen LogP contribution in [0, 0.1) is 0 Å². The summed E-state index contributed by atoms with van der Waals surface area (Å²) in [5.41, 5.74) is 13.7. The Hall–Kier alpha value is -7.82. The van der Waals surface area contributed by atoms with E-state index in [4.69, 9.17) is 9.47 Å². The van der Waals surface area contributed by atoms with Crippen LogP contribution >= 0.6 is 0 Å². The van der Waals surface area contributed by atoms with Crippen LogP contribution < -0.4 is 9.47 Å². The first-order chi connectivity index (χ1) is 28.7. The summed E-state index contributed by atoms with van der Waals surface area (Å²) in [5, 5.41) is 4.69. The maximum absolute atomic E-state index is 6.71. The first-order valence-electron chi connectivity index (χ1n) is 19.7. The largest absolute Gasteiger partial charge is 0.449 e. The molecule has 9 aromatic carbocycles. The monoisotopic (exact) mass is 742 g/mol. The Morgan fingerprint density at radius 2 is 0.724 bits per heavy atom. The molecule has 4 heteroatoms. The van der Waals surface area contributed by atoms with Gasteiger partial charge in [-0.05, 0) is 106 Å². The van der Waals surface area contributed by atoms with Gasteiger partial charge in [0.25, 0.3) is 0 Å². The minimum absolute atomic E-state index is 0.695. The molecule has 12 rings (SSSR count). The lowest BCUT2D eigenvalue weighted by Crippen LogP contribution is -2.00. The van der Waals surface area contributed by atoms with E-state index in [1.165, 1.54) is 38.4 Å². The highest BCUT2D eigenvalue weighted by molar-refractivity contribution is 6.11. The number of hydrogen-bond donors (Lipinski definition) is 0. The van der Waals surface area contributed by atoms with Crippen LogP contribution in [0.25, 0.3) is 88.4 Å². The summed E-state index contributed by atoms with van der Waals surface area (Å²) in [5.74, 6) is 2.81. The minimum atomic E-state index is 0.695. The van der Waals surface area contributed by atoms with E-state index in [0.717, 1.165) is 50.0 Å². The highest BCUT2D eigenvalue weighted by Crippen LogP contribution is 2.50. The lowest BCUT2D eigenvalue weighted by molar-refractivity contribution is 0.360. The molecule has 1 aliphatic rings. The van der Waals surface area contributed by atoms with Crippen molar-refractivity contribution in [2.75, 3.05) is 0 Å². The molecule has 2 aromatic heterocycles. The van der Waals surface area contributed by atoms with Crippen LogP contribution in [0.5, 0.6) is 23.0 Å². The van der Waals surface area contributed by atoms with Crippen molar-refractivity contribution in [3.8, 4) is 67.8 Å². The van der Waals surface area contributed by atoms with E-state index in [0.29, 0.717) is 23.0 Å². The summed E-state index contributed by atoms with van der Waals surface area (Å²) in [6, 6.07) is 73.2. The van der Waals surface area contributed by atoms with Gasteiger partial charge in [-0.3, -0.25) is 0 Å². The van der Waals surface area contributed by atoms with Crippen LogP contribution in [0.15, 0.2) is 206 Å². The van der Waals surface area contributed by atoms with Gasteiger partial charge in [0, 0.05) is 39.0 Å². The van der Waals surface area contributed by atoms with E-state index >= 15 is 0 Å². The van der Waals surface area contributed by atoms with Crippen LogP contribution in [0.4, 0.5) is 0 Å². The molecule has 0 N–H and O–H groups in total. The molecule has 272 valence electrons. The summed E-state index contributed by atoms with van der Waals surface area (Å²) in [6.45, 7) is 0. The molecule has 1 aliphatic heterocycles. The second kappa shape index (κ2) is 12.9. The van der Waals surface area contributed by atoms with Gasteiger partial charge in [-0.15, -0.1) is 0 Å². The first kappa shape index (κ1) is 32.4. The van der Waals surface area contributed by atoms with Crippen LogP contribution in [-0.2, 0) is 0 Å². The highest BCUT2D eigenvalue weighted by atomic mass is 16.6. The van der Waals surface area contributed by atoms with Gasteiger partial charge in [-0.2, -0.15) is 0 Å². The predicted octanol–water partition coefficient (Wildman–Crippen LogP) is 14.8. The lowest BCUT2D eigenvalue weighted by atomic mass is 9.98. The molecule has 0 aliphatic carbocycles. The molecular formula is C54H34N2O2. The van der Waals surface area contributed by atoms with Crippen LogP contribution in [-0.4, -0.2) is 9.13 Å². The van der Waals surface area contributed by atoms with Gasteiger partial charge >= 0.3 is 0 Å². The number of nitrogens with zero attached hydrogens (tertiary/aromatic N) is 2. The van der Waals surface area contributed by atoms with E-state index in [9.17, 15) is 0 Å². The second-order valence-electron chi connectivity index (χ2n) is 15.0. The molecule has 3 heterocycles. The molecule has 0 unspecified atom stereocenters. The van der Waals surface area contributed by atoms with Crippen LogP contribution in [0.3, 0.4) is 0 Å². The average molecular weight is 743 g/mol. The van der Waals surface area contributed by atoms with Crippen LogP contribution in [0.1, 0.15) is 0 Å². The quantitative estimate of drug-likeness (QED) is 0.176. The van der Waals surface area contributed by atoms with Crippen molar-refractivity contribution in [2.45, 2.75) is 0 Å². The molecule has 11 aromatic rings. The fourth-order valence-corrected chi connectivity index (χ4v) is 8.84. The van der Waals surface area contributed by atoms with Gasteiger partial charge < -0.3 is 18.6 Å². The van der Waals surface area contributed by atoms with Crippen molar-refractivity contribution in [3.63, 3.8) is 0 Å². The zero-order chi connectivity index (χ0) is 38.2. The maximum atomic E-state index is 6.71. The number of benzene rings is 9.